The molecule has 2 aromatic heterocycles. The Labute approximate surface area is 159 Å². The minimum absolute atomic E-state index is 0.352. The predicted octanol–water partition coefficient (Wildman–Crippen LogP) is 4.40. The molecule has 130 valence electrons. The van der Waals surface area contributed by atoms with E-state index in [4.69, 9.17) is 0 Å². The van der Waals surface area contributed by atoms with Crippen molar-refractivity contribution in [2.45, 2.75) is 0 Å². The van der Waals surface area contributed by atoms with E-state index in [2.05, 4.69) is 38.8 Å². The molecular weight excluding hydrogens is 356 g/mol. The SMILES string of the molecule is O=C1C=C(c2cn(-c3cccc(-c4ccsc4)c3)c3ccccc23)C(=O)N1. The van der Waals surface area contributed by atoms with Gasteiger partial charge < -0.3 is 4.57 Å². The highest BCUT2D eigenvalue weighted by molar-refractivity contribution is 7.08. The molecule has 0 aliphatic carbocycles. The van der Waals surface area contributed by atoms with Crippen LogP contribution in [0.5, 0.6) is 0 Å². The van der Waals surface area contributed by atoms with Crippen LogP contribution in [0.4, 0.5) is 0 Å². The fraction of sp³-hybridized carbons (Fsp3) is 0. The van der Waals surface area contributed by atoms with Gasteiger partial charge in [0, 0.05) is 28.9 Å². The van der Waals surface area contributed by atoms with E-state index in [0.29, 0.717) is 5.57 Å². The van der Waals surface area contributed by atoms with Crippen molar-refractivity contribution in [2.24, 2.45) is 0 Å². The summed E-state index contributed by atoms with van der Waals surface area (Å²) in [6, 6.07) is 18.3. The Hall–Kier alpha value is -3.44. The molecule has 0 unspecified atom stereocenters. The second-order valence-electron chi connectivity index (χ2n) is 6.37. The zero-order valence-electron chi connectivity index (χ0n) is 14.2. The van der Waals surface area contributed by atoms with E-state index in [9.17, 15) is 9.59 Å². The molecule has 0 atom stereocenters. The number of carbonyl (C=O) groups excluding carboxylic acids is 2. The lowest BCUT2D eigenvalue weighted by atomic mass is 10.1. The molecule has 0 saturated carbocycles. The maximum Gasteiger partial charge on any atom is 0.258 e. The first-order valence-corrected chi connectivity index (χ1v) is 9.45. The average Bonchev–Trinajstić information content (AvgIpc) is 3.40. The molecule has 0 spiro atoms. The summed E-state index contributed by atoms with van der Waals surface area (Å²) in [5.74, 6) is -0.721. The van der Waals surface area contributed by atoms with Gasteiger partial charge in [0.25, 0.3) is 11.8 Å². The van der Waals surface area contributed by atoms with Crippen molar-refractivity contribution in [1.29, 1.82) is 0 Å². The average molecular weight is 370 g/mol. The van der Waals surface area contributed by atoms with Gasteiger partial charge in [0.15, 0.2) is 0 Å². The number of nitrogens with one attached hydrogen (secondary N) is 1. The molecule has 1 aliphatic heterocycles. The number of fused-ring (bicyclic) bond motifs is 1. The van der Waals surface area contributed by atoms with Crippen LogP contribution >= 0.6 is 11.3 Å². The van der Waals surface area contributed by atoms with Crippen LogP contribution in [0.15, 0.2) is 77.6 Å². The quantitative estimate of drug-likeness (QED) is 0.544. The Balaban J connectivity index is 1.71. The predicted molar refractivity (Wildman–Crippen MR) is 108 cm³/mol. The summed E-state index contributed by atoms with van der Waals surface area (Å²) in [7, 11) is 0. The van der Waals surface area contributed by atoms with E-state index < -0.39 is 0 Å². The highest BCUT2D eigenvalue weighted by atomic mass is 32.1. The number of para-hydroxylation sites is 1. The Bertz CT molecular complexity index is 1230. The Morgan fingerprint density at radius 3 is 2.59 bits per heavy atom. The Kier molecular flexibility index (Phi) is 3.55. The van der Waals surface area contributed by atoms with E-state index in [1.807, 2.05) is 42.6 Å². The first-order valence-electron chi connectivity index (χ1n) is 8.51. The number of thiophene rings is 1. The first-order chi connectivity index (χ1) is 13.2. The van der Waals surface area contributed by atoms with Crippen molar-refractivity contribution < 1.29 is 9.59 Å². The topological polar surface area (TPSA) is 51.1 Å². The van der Waals surface area contributed by atoms with Gasteiger partial charge in [-0.1, -0.05) is 30.3 Å². The summed E-state index contributed by atoms with van der Waals surface area (Å²) >= 11 is 1.67. The lowest BCUT2D eigenvalue weighted by Crippen LogP contribution is -2.21. The summed E-state index contributed by atoms with van der Waals surface area (Å²) in [5, 5.41) is 7.45. The maximum absolute atomic E-state index is 12.2. The summed E-state index contributed by atoms with van der Waals surface area (Å²) in [6.45, 7) is 0. The first kappa shape index (κ1) is 15.8. The van der Waals surface area contributed by atoms with E-state index in [0.717, 1.165) is 27.7 Å². The second-order valence-corrected chi connectivity index (χ2v) is 7.15. The summed E-state index contributed by atoms with van der Waals surface area (Å²) in [5.41, 5.74) is 5.48. The molecule has 0 fully saturated rings. The van der Waals surface area contributed by atoms with Crippen LogP contribution < -0.4 is 5.32 Å². The van der Waals surface area contributed by atoms with E-state index in [1.54, 1.807) is 11.3 Å². The molecule has 2 amide bonds. The number of benzene rings is 2. The van der Waals surface area contributed by atoms with Crippen molar-refractivity contribution in [1.82, 2.24) is 9.88 Å². The molecule has 5 heteroatoms. The van der Waals surface area contributed by atoms with Crippen LogP contribution in [0.1, 0.15) is 5.56 Å². The number of imide groups is 1. The van der Waals surface area contributed by atoms with Crippen molar-refractivity contribution in [2.75, 3.05) is 0 Å². The highest BCUT2D eigenvalue weighted by Gasteiger charge is 2.25. The lowest BCUT2D eigenvalue weighted by Gasteiger charge is -2.07. The van der Waals surface area contributed by atoms with Gasteiger partial charge in [0.2, 0.25) is 0 Å². The van der Waals surface area contributed by atoms with Crippen LogP contribution in [0.25, 0.3) is 33.3 Å². The molecule has 2 aromatic carbocycles. The molecule has 3 heterocycles. The molecule has 0 saturated heterocycles. The summed E-state index contributed by atoms with van der Waals surface area (Å²) in [6.07, 6.45) is 3.30. The highest BCUT2D eigenvalue weighted by Crippen LogP contribution is 2.32. The minimum atomic E-state index is -0.369. The van der Waals surface area contributed by atoms with Gasteiger partial charge in [-0.3, -0.25) is 14.9 Å². The van der Waals surface area contributed by atoms with Crippen molar-refractivity contribution >= 4 is 39.6 Å². The zero-order chi connectivity index (χ0) is 18.4. The number of amides is 2. The fourth-order valence-electron chi connectivity index (χ4n) is 3.48. The molecule has 0 bridgehead atoms. The summed E-state index contributed by atoms with van der Waals surface area (Å²) in [4.78, 5) is 23.8. The molecule has 4 aromatic rings. The van der Waals surface area contributed by atoms with Crippen LogP contribution in [0, 0.1) is 0 Å². The number of nitrogens with zero attached hydrogens (tertiary/aromatic N) is 1. The molecule has 5 rings (SSSR count). The van der Waals surface area contributed by atoms with Crippen LogP contribution in [0.2, 0.25) is 0 Å². The van der Waals surface area contributed by atoms with Crippen molar-refractivity contribution in [3.05, 3.63) is 83.2 Å². The molecule has 1 aliphatic rings. The van der Waals surface area contributed by atoms with Gasteiger partial charge in [-0.05, 0) is 46.2 Å². The van der Waals surface area contributed by atoms with E-state index in [-0.39, 0.29) is 11.8 Å². The number of aromatic nitrogens is 1. The van der Waals surface area contributed by atoms with Gasteiger partial charge >= 0.3 is 0 Å². The zero-order valence-corrected chi connectivity index (χ0v) is 15.0. The molecule has 27 heavy (non-hydrogen) atoms. The van der Waals surface area contributed by atoms with E-state index in [1.165, 1.54) is 11.6 Å². The number of rotatable bonds is 3. The van der Waals surface area contributed by atoms with Crippen LogP contribution in [0.3, 0.4) is 0 Å². The van der Waals surface area contributed by atoms with Crippen LogP contribution in [-0.2, 0) is 9.59 Å². The molecule has 4 nitrogen and oxygen atoms in total. The third kappa shape index (κ3) is 2.60. The van der Waals surface area contributed by atoms with Gasteiger partial charge in [-0.15, -0.1) is 0 Å². The lowest BCUT2D eigenvalue weighted by molar-refractivity contribution is -0.123. The largest absolute Gasteiger partial charge is 0.316 e. The Morgan fingerprint density at radius 2 is 1.81 bits per heavy atom. The summed E-state index contributed by atoms with van der Waals surface area (Å²) < 4.78 is 2.07. The number of hydrogen-bond acceptors (Lipinski definition) is 3. The second kappa shape index (κ2) is 6.07. The van der Waals surface area contributed by atoms with E-state index >= 15 is 0 Å². The normalized spacial score (nSPS) is 13.9. The van der Waals surface area contributed by atoms with Gasteiger partial charge in [-0.25, -0.2) is 0 Å². The number of carbonyl (C=O) groups is 2. The third-order valence-electron chi connectivity index (χ3n) is 4.74. The number of hydrogen-bond donors (Lipinski definition) is 1. The monoisotopic (exact) mass is 370 g/mol. The van der Waals surface area contributed by atoms with Gasteiger partial charge in [-0.2, -0.15) is 11.3 Å². The minimum Gasteiger partial charge on any atom is -0.316 e. The molecule has 0 radical (unpaired) electrons. The smallest absolute Gasteiger partial charge is 0.258 e. The standard InChI is InChI=1S/C22H14N2O2S/c25-21-11-18(22(26)23-21)19-12-24(20-7-2-1-6-17(19)20)16-5-3-4-14(10-16)15-8-9-27-13-15/h1-13H,(H,23,25,26). The third-order valence-corrected chi connectivity index (χ3v) is 5.42. The van der Waals surface area contributed by atoms with Gasteiger partial charge in [0.1, 0.15) is 0 Å². The van der Waals surface area contributed by atoms with Crippen molar-refractivity contribution in [3.63, 3.8) is 0 Å². The molecule has 1 N–H and O–H groups in total. The Morgan fingerprint density at radius 1 is 0.926 bits per heavy atom. The van der Waals surface area contributed by atoms with Crippen LogP contribution in [-0.4, -0.2) is 16.4 Å². The fourth-order valence-corrected chi connectivity index (χ4v) is 4.15. The molecular formula is C22H14N2O2S. The maximum atomic E-state index is 12.2. The van der Waals surface area contributed by atoms with Gasteiger partial charge in [0.05, 0.1) is 11.1 Å². The van der Waals surface area contributed by atoms with Crippen molar-refractivity contribution in [3.8, 4) is 16.8 Å².